The molecule has 274 valence electrons. The molecule has 6 heterocycles. The Bertz CT molecular complexity index is 1900. The van der Waals surface area contributed by atoms with E-state index in [-0.39, 0.29) is 48.7 Å². The van der Waals surface area contributed by atoms with Gasteiger partial charge in [-0.05, 0) is 55.9 Å². The van der Waals surface area contributed by atoms with Crippen LogP contribution in [-0.2, 0) is 37.0 Å². The SMILES string of the molecule is Cc1c(C(=O)N(C)C)nn2c1CN(c1nc(OC[C@@]34CCN3C[C@H](C=C(F)F)C4)nc3c1COC(c1cc(N)cc(Cl)c1C(F)(F)F)C3)CCC2. The second kappa shape index (κ2) is 13.2. The molecule has 0 radical (unpaired) electrons. The van der Waals surface area contributed by atoms with Crippen molar-refractivity contribution >= 4 is 29.0 Å². The van der Waals surface area contributed by atoms with E-state index in [9.17, 15) is 26.7 Å². The van der Waals surface area contributed by atoms with Gasteiger partial charge in [0.25, 0.3) is 12.0 Å². The van der Waals surface area contributed by atoms with Crippen LogP contribution in [0.4, 0.5) is 33.5 Å². The third-order valence-electron chi connectivity index (χ3n) is 10.4. The number of nitrogen functional groups attached to an aromatic ring is 1. The van der Waals surface area contributed by atoms with Gasteiger partial charge in [0.15, 0.2) is 5.69 Å². The normalized spacial score (nSPS) is 23.1. The molecule has 2 fully saturated rings. The highest BCUT2D eigenvalue weighted by molar-refractivity contribution is 6.31. The molecule has 0 saturated carbocycles. The number of aromatic nitrogens is 4. The van der Waals surface area contributed by atoms with Crippen molar-refractivity contribution in [2.75, 3.05) is 51.0 Å². The first-order chi connectivity index (χ1) is 24.1. The van der Waals surface area contributed by atoms with Gasteiger partial charge in [0, 0.05) is 63.5 Å². The van der Waals surface area contributed by atoms with Crippen molar-refractivity contribution in [1.29, 1.82) is 0 Å². The largest absolute Gasteiger partial charge is 0.461 e. The number of aryl methyl sites for hydroxylation is 1. The monoisotopic (exact) mass is 736 g/mol. The molecule has 1 amide bonds. The summed E-state index contributed by atoms with van der Waals surface area (Å²) in [7, 11) is 3.33. The van der Waals surface area contributed by atoms with Gasteiger partial charge in [-0.1, -0.05) is 11.6 Å². The number of carbonyl (C=O) groups is 1. The standard InChI is InChI=1S/C34H38ClF5N8O3/c1-18-25-15-46(6-4-7-48(25)44-29(18)31(49)45(2)3)30-22-16-50-26(21-10-20(41)11-23(35)28(21)34(38,39)40)12-24(22)42-32(43-30)51-17-33-5-8-47(33)14-19(13-33)9-27(36)37/h9-11,19,26H,4-8,12-17,41H2,1-3H3/t19-,26?,33+/m1/s1. The number of nitrogens with two attached hydrogens (primary N) is 1. The Kier molecular flexibility index (Phi) is 9.15. The average molecular weight is 737 g/mol. The van der Waals surface area contributed by atoms with Gasteiger partial charge in [0.1, 0.15) is 12.4 Å². The average Bonchev–Trinajstić information content (AvgIpc) is 3.36. The van der Waals surface area contributed by atoms with E-state index in [4.69, 9.17) is 36.8 Å². The molecule has 51 heavy (non-hydrogen) atoms. The Balaban J connectivity index is 1.25. The van der Waals surface area contributed by atoms with Gasteiger partial charge in [-0.3, -0.25) is 14.4 Å². The number of carbonyl (C=O) groups excluding carboxylic acids is 1. The molecule has 3 aromatic rings. The summed E-state index contributed by atoms with van der Waals surface area (Å²) in [6, 6.07) is 2.32. The molecule has 2 N–H and O–H groups in total. The second-order valence-corrected chi connectivity index (χ2v) is 14.4. The maximum Gasteiger partial charge on any atom is 0.418 e. The van der Waals surface area contributed by atoms with Crippen LogP contribution >= 0.6 is 11.6 Å². The molecule has 0 bridgehead atoms. The number of rotatable bonds is 7. The van der Waals surface area contributed by atoms with Gasteiger partial charge in [0.05, 0.1) is 46.8 Å². The number of fused-ring (bicyclic) bond motifs is 3. The Labute approximate surface area is 296 Å². The highest BCUT2D eigenvalue weighted by atomic mass is 35.5. The lowest BCUT2D eigenvalue weighted by molar-refractivity contribution is -0.139. The summed E-state index contributed by atoms with van der Waals surface area (Å²) < 4.78 is 83.2. The Morgan fingerprint density at radius 3 is 2.69 bits per heavy atom. The van der Waals surface area contributed by atoms with Gasteiger partial charge in [-0.15, -0.1) is 0 Å². The lowest BCUT2D eigenvalue weighted by Crippen LogP contribution is -2.59. The van der Waals surface area contributed by atoms with Crippen LogP contribution in [0.1, 0.15) is 69.5 Å². The van der Waals surface area contributed by atoms with Crippen LogP contribution in [-0.4, -0.2) is 81.3 Å². The summed E-state index contributed by atoms with van der Waals surface area (Å²) in [5.74, 6) is -0.0156. The van der Waals surface area contributed by atoms with Crippen LogP contribution in [0.3, 0.4) is 0 Å². The van der Waals surface area contributed by atoms with E-state index >= 15 is 0 Å². The molecule has 3 atom stereocenters. The summed E-state index contributed by atoms with van der Waals surface area (Å²) in [6.07, 6.45) is -4.67. The van der Waals surface area contributed by atoms with E-state index in [1.807, 2.05) is 16.5 Å². The number of halogens is 6. The van der Waals surface area contributed by atoms with Crippen molar-refractivity contribution in [3.8, 4) is 6.01 Å². The van der Waals surface area contributed by atoms with Crippen LogP contribution in [0.15, 0.2) is 24.3 Å². The molecule has 11 nitrogen and oxygen atoms in total. The summed E-state index contributed by atoms with van der Waals surface area (Å²) in [6.45, 7) is 4.64. The van der Waals surface area contributed by atoms with Crippen LogP contribution in [0.25, 0.3) is 0 Å². The van der Waals surface area contributed by atoms with E-state index in [1.165, 1.54) is 11.0 Å². The number of amides is 1. The molecular formula is C34H38ClF5N8O3. The maximum atomic E-state index is 14.3. The summed E-state index contributed by atoms with van der Waals surface area (Å²) in [5.41, 5.74) is 7.35. The molecule has 0 aliphatic carbocycles. The highest BCUT2D eigenvalue weighted by Gasteiger charge is 2.52. The van der Waals surface area contributed by atoms with Gasteiger partial charge in [-0.25, -0.2) is 0 Å². The van der Waals surface area contributed by atoms with Gasteiger partial charge < -0.3 is 25.0 Å². The number of nitrogens with zero attached hydrogens (tertiary/aromatic N) is 7. The Morgan fingerprint density at radius 1 is 1.22 bits per heavy atom. The number of anilines is 2. The van der Waals surface area contributed by atoms with E-state index < -0.39 is 34.5 Å². The van der Waals surface area contributed by atoms with E-state index in [1.54, 1.807) is 14.1 Å². The smallest absolute Gasteiger partial charge is 0.418 e. The number of ether oxygens (including phenoxy) is 2. The zero-order valence-electron chi connectivity index (χ0n) is 28.4. The predicted molar refractivity (Wildman–Crippen MR) is 178 cm³/mol. The summed E-state index contributed by atoms with van der Waals surface area (Å²) in [5, 5.41) is 4.09. The molecule has 7 rings (SSSR count). The highest BCUT2D eigenvalue weighted by Crippen LogP contribution is 2.46. The Hall–Kier alpha value is -4.02. The first-order valence-corrected chi connectivity index (χ1v) is 17.1. The fourth-order valence-corrected chi connectivity index (χ4v) is 8.19. The van der Waals surface area contributed by atoms with Crippen molar-refractivity contribution < 1.29 is 36.2 Å². The minimum Gasteiger partial charge on any atom is -0.461 e. The van der Waals surface area contributed by atoms with E-state index in [2.05, 4.69) is 10.00 Å². The first kappa shape index (κ1) is 35.4. The second-order valence-electron chi connectivity index (χ2n) is 14.0. The van der Waals surface area contributed by atoms with Crippen LogP contribution < -0.4 is 15.4 Å². The lowest BCUT2D eigenvalue weighted by atomic mass is 9.84. The fourth-order valence-electron chi connectivity index (χ4n) is 7.85. The fraction of sp³-hybridized carbons (Fsp3) is 0.529. The van der Waals surface area contributed by atoms with Gasteiger partial charge in [-0.2, -0.15) is 37.0 Å². The van der Waals surface area contributed by atoms with Crippen LogP contribution in [0.2, 0.25) is 5.02 Å². The molecule has 2 saturated heterocycles. The molecule has 4 aliphatic heterocycles. The van der Waals surface area contributed by atoms with E-state index in [0.717, 1.165) is 36.4 Å². The molecule has 1 unspecified atom stereocenters. The number of hydrogen-bond acceptors (Lipinski definition) is 9. The quantitative estimate of drug-likeness (QED) is 0.238. The number of hydrogen-bond donors (Lipinski definition) is 1. The van der Waals surface area contributed by atoms with Crippen LogP contribution in [0, 0.1) is 12.8 Å². The van der Waals surface area contributed by atoms with Crippen molar-refractivity contribution in [2.45, 2.75) is 70.1 Å². The predicted octanol–water partition coefficient (Wildman–Crippen LogP) is 5.79. The van der Waals surface area contributed by atoms with Crippen molar-refractivity contribution in [2.24, 2.45) is 5.92 Å². The molecule has 0 spiro atoms. The lowest BCUT2D eigenvalue weighted by Gasteiger charge is -2.47. The van der Waals surface area contributed by atoms with Gasteiger partial charge in [0.2, 0.25) is 0 Å². The first-order valence-electron chi connectivity index (χ1n) is 16.7. The zero-order valence-corrected chi connectivity index (χ0v) is 29.1. The minimum atomic E-state index is -4.76. The van der Waals surface area contributed by atoms with Crippen LogP contribution in [0.5, 0.6) is 6.01 Å². The molecular weight excluding hydrogens is 699 g/mol. The van der Waals surface area contributed by atoms with Crippen molar-refractivity contribution in [1.82, 2.24) is 29.5 Å². The maximum absolute atomic E-state index is 14.3. The summed E-state index contributed by atoms with van der Waals surface area (Å²) >= 11 is 6.08. The third-order valence-corrected chi connectivity index (χ3v) is 10.7. The van der Waals surface area contributed by atoms with Crippen molar-refractivity contribution in [3.05, 3.63) is 68.6 Å². The topological polar surface area (TPSA) is 115 Å². The molecule has 1 aromatic carbocycles. The molecule has 17 heteroatoms. The minimum absolute atomic E-state index is 0.0286. The molecule has 4 aliphatic rings. The van der Waals surface area contributed by atoms with Crippen molar-refractivity contribution in [3.63, 3.8) is 0 Å². The van der Waals surface area contributed by atoms with E-state index in [0.29, 0.717) is 61.8 Å². The number of alkyl halides is 3. The summed E-state index contributed by atoms with van der Waals surface area (Å²) in [4.78, 5) is 28.1. The Morgan fingerprint density at radius 2 is 2.00 bits per heavy atom. The van der Waals surface area contributed by atoms with Gasteiger partial charge >= 0.3 is 12.2 Å². The third kappa shape index (κ3) is 6.61. The zero-order chi connectivity index (χ0) is 36.4. The number of benzene rings is 1. The molecule has 2 aromatic heterocycles.